The Bertz CT molecular complexity index is 669. The molecule has 1 N–H and O–H groups in total. The molecule has 2 aromatic heterocycles. The van der Waals surface area contributed by atoms with Crippen molar-refractivity contribution in [2.75, 3.05) is 6.54 Å². The lowest BCUT2D eigenvalue weighted by atomic mass is 10.3. The molecule has 0 radical (unpaired) electrons. The highest BCUT2D eigenvalue weighted by atomic mass is 32.1. The number of thiazole rings is 1. The van der Waals surface area contributed by atoms with Gasteiger partial charge in [0.1, 0.15) is 11.3 Å². The van der Waals surface area contributed by atoms with Crippen LogP contribution in [0.2, 0.25) is 0 Å². The monoisotopic (exact) mass is 287 g/mol. The summed E-state index contributed by atoms with van der Waals surface area (Å²) in [4.78, 5) is 8.88. The first-order chi connectivity index (χ1) is 9.72. The van der Waals surface area contributed by atoms with E-state index in [1.807, 2.05) is 13.1 Å². The summed E-state index contributed by atoms with van der Waals surface area (Å²) in [5, 5.41) is 8.87. The van der Waals surface area contributed by atoms with Gasteiger partial charge in [-0.25, -0.2) is 9.97 Å². The minimum absolute atomic E-state index is 0.246. The molecule has 0 aliphatic rings. The van der Waals surface area contributed by atoms with Crippen LogP contribution in [0, 0.1) is 0 Å². The number of fused-ring (bicyclic) bond motifs is 1. The fourth-order valence-electron chi connectivity index (χ4n) is 2.06. The Morgan fingerprint density at radius 3 is 2.95 bits per heavy atom. The van der Waals surface area contributed by atoms with Crippen LogP contribution in [0.5, 0.6) is 0 Å². The quantitative estimate of drug-likeness (QED) is 0.782. The number of hydrogen-bond donors (Lipinski definition) is 1. The Morgan fingerprint density at radius 2 is 2.20 bits per heavy atom. The second-order valence-electron chi connectivity index (χ2n) is 4.78. The molecule has 1 aromatic carbocycles. The minimum atomic E-state index is 0.246. The molecule has 0 bridgehead atoms. The average molecular weight is 287 g/mol. The first kappa shape index (κ1) is 13.2. The Kier molecular flexibility index (Phi) is 3.75. The van der Waals surface area contributed by atoms with Gasteiger partial charge in [0.05, 0.1) is 16.3 Å². The van der Waals surface area contributed by atoms with Crippen LogP contribution in [-0.2, 0) is 13.5 Å². The third-order valence-corrected chi connectivity index (χ3v) is 4.35. The molecular formula is C14H17N5S. The number of rotatable bonds is 5. The largest absolute Gasteiger partial charge is 0.308 e. The lowest BCUT2D eigenvalue weighted by Crippen LogP contribution is -2.21. The fourth-order valence-corrected chi connectivity index (χ4v) is 3.06. The van der Waals surface area contributed by atoms with E-state index in [0.717, 1.165) is 29.3 Å². The van der Waals surface area contributed by atoms with Crippen LogP contribution < -0.4 is 5.32 Å². The molecule has 2 heterocycles. The molecule has 0 aliphatic carbocycles. The zero-order valence-electron chi connectivity index (χ0n) is 11.6. The number of nitrogens with one attached hydrogen (secondary N) is 1. The molecule has 0 aliphatic heterocycles. The topological polar surface area (TPSA) is 55.6 Å². The highest BCUT2D eigenvalue weighted by molar-refractivity contribution is 7.18. The molecule has 3 rings (SSSR count). The summed E-state index contributed by atoms with van der Waals surface area (Å²) in [7, 11) is 1.88. The van der Waals surface area contributed by atoms with Crippen LogP contribution in [0.15, 0.2) is 30.6 Å². The third kappa shape index (κ3) is 2.86. The summed E-state index contributed by atoms with van der Waals surface area (Å²) in [5.74, 6) is 0.872. The van der Waals surface area contributed by atoms with E-state index < -0.39 is 0 Å². The maximum Gasteiger partial charge on any atom is 0.151 e. The van der Waals surface area contributed by atoms with Crippen molar-refractivity contribution < 1.29 is 0 Å². The molecule has 3 aromatic rings. The number of para-hydroxylation sites is 1. The maximum atomic E-state index is 4.66. The van der Waals surface area contributed by atoms with E-state index in [-0.39, 0.29) is 6.04 Å². The molecular weight excluding hydrogens is 270 g/mol. The molecule has 0 saturated heterocycles. The van der Waals surface area contributed by atoms with E-state index in [2.05, 4.69) is 45.5 Å². The van der Waals surface area contributed by atoms with Crippen LogP contribution in [0.25, 0.3) is 10.2 Å². The molecule has 1 unspecified atom stereocenters. The highest BCUT2D eigenvalue weighted by Crippen LogP contribution is 2.25. The van der Waals surface area contributed by atoms with Crippen molar-refractivity contribution >= 4 is 21.6 Å². The molecule has 0 spiro atoms. The molecule has 0 amide bonds. The normalized spacial score (nSPS) is 12.9. The van der Waals surface area contributed by atoms with E-state index >= 15 is 0 Å². The van der Waals surface area contributed by atoms with Crippen molar-refractivity contribution in [2.24, 2.45) is 7.05 Å². The fraction of sp³-hybridized carbons (Fsp3) is 0.357. The SMILES string of the molecule is CC(NCCc1ncn(C)n1)c1nc2ccccc2s1. The summed E-state index contributed by atoms with van der Waals surface area (Å²) < 4.78 is 2.97. The average Bonchev–Trinajstić information content (AvgIpc) is 3.04. The number of aromatic nitrogens is 4. The van der Waals surface area contributed by atoms with Crippen molar-refractivity contribution in [3.8, 4) is 0 Å². The number of benzene rings is 1. The van der Waals surface area contributed by atoms with Crippen LogP contribution in [0.3, 0.4) is 0 Å². The minimum Gasteiger partial charge on any atom is -0.308 e. The maximum absolute atomic E-state index is 4.66. The van der Waals surface area contributed by atoms with Gasteiger partial charge in [-0.1, -0.05) is 12.1 Å². The van der Waals surface area contributed by atoms with Gasteiger partial charge in [-0.05, 0) is 19.1 Å². The summed E-state index contributed by atoms with van der Waals surface area (Å²) >= 11 is 1.75. The zero-order valence-corrected chi connectivity index (χ0v) is 12.4. The highest BCUT2D eigenvalue weighted by Gasteiger charge is 2.10. The van der Waals surface area contributed by atoms with Crippen LogP contribution in [0.1, 0.15) is 23.8 Å². The second kappa shape index (κ2) is 5.68. The Labute approximate surface area is 121 Å². The van der Waals surface area contributed by atoms with Crippen molar-refractivity contribution in [2.45, 2.75) is 19.4 Å². The Morgan fingerprint density at radius 1 is 1.35 bits per heavy atom. The van der Waals surface area contributed by atoms with Crippen LogP contribution in [0.4, 0.5) is 0 Å². The van der Waals surface area contributed by atoms with Crippen molar-refractivity contribution in [3.05, 3.63) is 41.4 Å². The molecule has 104 valence electrons. The van der Waals surface area contributed by atoms with Crippen LogP contribution in [-0.4, -0.2) is 26.3 Å². The van der Waals surface area contributed by atoms with Gasteiger partial charge in [-0.2, -0.15) is 5.10 Å². The van der Waals surface area contributed by atoms with E-state index in [1.165, 1.54) is 4.70 Å². The van der Waals surface area contributed by atoms with E-state index in [4.69, 9.17) is 0 Å². The predicted octanol–water partition coefficient (Wildman–Crippen LogP) is 2.32. The van der Waals surface area contributed by atoms with Gasteiger partial charge in [-0.15, -0.1) is 11.3 Å². The van der Waals surface area contributed by atoms with Gasteiger partial charge in [0.2, 0.25) is 0 Å². The number of aryl methyl sites for hydroxylation is 1. The van der Waals surface area contributed by atoms with E-state index in [1.54, 1.807) is 22.3 Å². The molecule has 5 nitrogen and oxygen atoms in total. The smallest absolute Gasteiger partial charge is 0.151 e. The summed E-state index contributed by atoms with van der Waals surface area (Å²) in [5.41, 5.74) is 1.08. The van der Waals surface area contributed by atoms with E-state index in [9.17, 15) is 0 Å². The zero-order chi connectivity index (χ0) is 13.9. The van der Waals surface area contributed by atoms with Crippen LogP contribution >= 0.6 is 11.3 Å². The van der Waals surface area contributed by atoms with Gasteiger partial charge in [0.25, 0.3) is 0 Å². The predicted molar refractivity (Wildman–Crippen MR) is 80.7 cm³/mol. The van der Waals surface area contributed by atoms with Gasteiger partial charge >= 0.3 is 0 Å². The second-order valence-corrected chi connectivity index (χ2v) is 5.84. The Hall–Kier alpha value is -1.79. The number of hydrogen-bond acceptors (Lipinski definition) is 5. The standard InChI is InChI=1S/C14H17N5S/c1-10(15-8-7-13-16-9-19(2)18-13)14-17-11-5-3-4-6-12(11)20-14/h3-6,9-10,15H,7-8H2,1-2H3. The summed E-state index contributed by atoms with van der Waals surface area (Å²) in [6.07, 6.45) is 2.56. The van der Waals surface area contributed by atoms with Gasteiger partial charge in [0.15, 0.2) is 5.82 Å². The lowest BCUT2D eigenvalue weighted by molar-refractivity contribution is 0.567. The third-order valence-electron chi connectivity index (χ3n) is 3.13. The molecule has 0 fully saturated rings. The first-order valence-electron chi connectivity index (χ1n) is 6.66. The van der Waals surface area contributed by atoms with Gasteiger partial charge in [0, 0.05) is 20.0 Å². The summed E-state index contributed by atoms with van der Waals surface area (Å²) in [6, 6.07) is 8.49. The lowest BCUT2D eigenvalue weighted by Gasteiger charge is -2.09. The number of nitrogens with zero attached hydrogens (tertiary/aromatic N) is 4. The molecule has 0 saturated carbocycles. The van der Waals surface area contributed by atoms with Gasteiger partial charge in [-0.3, -0.25) is 4.68 Å². The van der Waals surface area contributed by atoms with Gasteiger partial charge < -0.3 is 5.32 Å². The van der Waals surface area contributed by atoms with E-state index in [0.29, 0.717) is 0 Å². The summed E-state index contributed by atoms with van der Waals surface area (Å²) in [6.45, 7) is 2.99. The Balaban J connectivity index is 1.59. The van der Waals surface area contributed by atoms with Crippen molar-refractivity contribution in [1.82, 2.24) is 25.1 Å². The molecule has 20 heavy (non-hydrogen) atoms. The molecule has 6 heteroatoms. The molecule has 1 atom stereocenters. The van der Waals surface area contributed by atoms with Crippen molar-refractivity contribution in [3.63, 3.8) is 0 Å². The van der Waals surface area contributed by atoms with Crippen molar-refractivity contribution in [1.29, 1.82) is 0 Å². The first-order valence-corrected chi connectivity index (χ1v) is 7.47.